The highest BCUT2D eigenvalue weighted by Crippen LogP contribution is 2.37. The number of hydrogen-bond acceptors (Lipinski definition) is 3. The van der Waals surface area contributed by atoms with E-state index in [4.69, 9.17) is 23.8 Å². The number of rotatable bonds is 4. The number of benzene rings is 1. The molecule has 0 unspecified atom stereocenters. The summed E-state index contributed by atoms with van der Waals surface area (Å²) in [5.41, 5.74) is 1.48. The van der Waals surface area contributed by atoms with Gasteiger partial charge in [-0.05, 0) is 42.9 Å². The van der Waals surface area contributed by atoms with E-state index in [0.717, 1.165) is 5.69 Å². The van der Waals surface area contributed by atoms with E-state index in [-0.39, 0.29) is 22.9 Å². The Morgan fingerprint density at radius 3 is 2.86 bits per heavy atom. The van der Waals surface area contributed by atoms with Gasteiger partial charge >= 0.3 is 0 Å². The Balaban J connectivity index is 1.62. The average molecular weight is 435 g/mol. The van der Waals surface area contributed by atoms with E-state index < -0.39 is 17.6 Å². The Hall–Kier alpha value is -2.58. The van der Waals surface area contributed by atoms with Gasteiger partial charge < -0.3 is 14.5 Å². The molecule has 2 aromatic heterocycles. The number of fused-ring (bicyclic) bond motifs is 1. The summed E-state index contributed by atoms with van der Waals surface area (Å²) in [5, 5.41) is 2.63. The van der Waals surface area contributed by atoms with E-state index in [1.807, 2.05) is 4.57 Å². The van der Waals surface area contributed by atoms with Crippen LogP contribution in [-0.4, -0.2) is 20.0 Å². The van der Waals surface area contributed by atoms with E-state index in [1.165, 1.54) is 12.1 Å². The summed E-state index contributed by atoms with van der Waals surface area (Å²) in [7, 11) is 1.78. The van der Waals surface area contributed by atoms with Crippen LogP contribution in [0.3, 0.4) is 0 Å². The molecule has 0 aliphatic carbocycles. The first-order valence-corrected chi connectivity index (χ1v) is 9.77. The van der Waals surface area contributed by atoms with Gasteiger partial charge in [0.05, 0.1) is 11.4 Å². The summed E-state index contributed by atoms with van der Waals surface area (Å²) in [4.78, 5) is 16.6. The van der Waals surface area contributed by atoms with Crippen molar-refractivity contribution in [2.75, 3.05) is 5.32 Å². The fourth-order valence-electron chi connectivity index (χ4n) is 3.80. The zero-order valence-corrected chi connectivity index (χ0v) is 17.0. The Labute approximate surface area is 176 Å². The topological polar surface area (TPSA) is 51.9 Å². The number of aromatic nitrogens is 3. The van der Waals surface area contributed by atoms with Crippen molar-refractivity contribution in [3.8, 4) is 0 Å². The van der Waals surface area contributed by atoms with Crippen molar-refractivity contribution in [1.82, 2.24) is 14.1 Å². The molecule has 9 heteroatoms. The van der Waals surface area contributed by atoms with Crippen LogP contribution in [0.15, 0.2) is 36.5 Å². The van der Waals surface area contributed by atoms with Gasteiger partial charge in [-0.1, -0.05) is 17.7 Å². The maximum absolute atomic E-state index is 14.5. The second-order valence-corrected chi connectivity index (χ2v) is 7.72. The number of anilines is 1. The fraction of sp³-hybridized carbons (Fsp3) is 0.250. The van der Waals surface area contributed by atoms with Crippen molar-refractivity contribution < 1.29 is 13.6 Å². The molecular formula is C20H17ClF2N4OS. The van der Waals surface area contributed by atoms with E-state index in [9.17, 15) is 13.6 Å². The summed E-state index contributed by atoms with van der Waals surface area (Å²) in [6, 6.07) is 7.61. The number of amides is 1. The summed E-state index contributed by atoms with van der Waals surface area (Å²) in [6.45, 7) is 0.331. The maximum atomic E-state index is 14.5. The van der Waals surface area contributed by atoms with Crippen molar-refractivity contribution >= 4 is 35.5 Å². The minimum Gasteiger partial charge on any atom is -0.323 e. The molecule has 29 heavy (non-hydrogen) atoms. The van der Waals surface area contributed by atoms with Crippen LogP contribution in [0, 0.1) is 16.4 Å². The van der Waals surface area contributed by atoms with Crippen LogP contribution in [0.5, 0.6) is 0 Å². The third kappa shape index (κ3) is 3.58. The molecule has 3 heterocycles. The first-order chi connectivity index (χ1) is 13.9. The number of carbonyl (C=O) groups excluding carboxylic acids is 1. The third-order valence-corrected chi connectivity index (χ3v) is 5.96. The van der Waals surface area contributed by atoms with Gasteiger partial charge in [-0.25, -0.2) is 13.8 Å². The van der Waals surface area contributed by atoms with Crippen molar-refractivity contribution in [2.45, 2.75) is 25.3 Å². The van der Waals surface area contributed by atoms with Crippen LogP contribution in [0.4, 0.5) is 14.6 Å². The standard InChI is InChI=1S/C20H17ClF2N4OS/c1-26-14(9-17(28)25-16-4-2-3-7-24-16)15-8-11(10-27(15)20(26)29)18-13(22)6-5-12(21)19(18)23/h2-7,11H,8-10H2,1H3,(H,24,25,28)/t11-/m1/s1. The number of nitrogens with one attached hydrogen (secondary N) is 1. The molecule has 0 bridgehead atoms. The van der Waals surface area contributed by atoms with Gasteiger partial charge in [-0.15, -0.1) is 0 Å². The van der Waals surface area contributed by atoms with Crippen LogP contribution in [0.1, 0.15) is 22.9 Å². The van der Waals surface area contributed by atoms with Gasteiger partial charge in [0.2, 0.25) is 5.91 Å². The Morgan fingerprint density at radius 2 is 2.14 bits per heavy atom. The van der Waals surface area contributed by atoms with E-state index in [1.54, 1.807) is 36.0 Å². The molecule has 1 N–H and O–H groups in total. The van der Waals surface area contributed by atoms with Crippen LogP contribution < -0.4 is 5.32 Å². The number of carbonyl (C=O) groups is 1. The van der Waals surface area contributed by atoms with Gasteiger partial charge in [0.25, 0.3) is 0 Å². The van der Waals surface area contributed by atoms with Gasteiger partial charge in [0.15, 0.2) is 4.77 Å². The monoisotopic (exact) mass is 434 g/mol. The Morgan fingerprint density at radius 1 is 1.34 bits per heavy atom. The maximum Gasteiger partial charge on any atom is 0.231 e. The molecule has 1 aliphatic heterocycles. The van der Waals surface area contributed by atoms with Crippen LogP contribution in [-0.2, 0) is 31.2 Å². The zero-order chi connectivity index (χ0) is 20.7. The summed E-state index contributed by atoms with van der Waals surface area (Å²) < 4.78 is 32.9. The first kappa shape index (κ1) is 19.7. The zero-order valence-electron chi connectivity index (χ0n) is 15.5. The van der Waals surface area contributed by atoms with Gasteiger partial charge in [-0.2, -0.15) is 0 Å². The predicted molar refractivity (Wildman–Crippen MR) is 109 cm³/mol. The van der Waals surface area contributed by atoms with Crippen molar-refractivity contribution in [2.24, 2.45) is 7.05 Å². The quantitative estimate of drug-likeness (QED) is 0.489. The molecule has 0 saturated carbocycles. The highest BCUT2D eigenvalue weighted by Gasteiger charge is 2.33. The molecular weight excluding hydrogens is 418 g/mol. The molecule has 0 spiro atoms. The second kappa shape index (κ2) is 7.68. The lowest BCUT2D eigenvalue weighted by Crippen LogP contribution is -2.18. The molecule has 1 aliphatic rings. The van der Waals surface area contributed by atoms with Gasteiger partial charge in [0, 0.05) is 42.7 Å². The molecule has 3 aromatic rings. The molecule has 5 nitrogen and oxygen atoms in total. The molecule has 0 saturated heterocycles. The molecule has 1 amide bonds. The molecule has 1 atom stereocenters. The summed E-state index contributed by atoms with van der Waals surface area (Å²) in [6.07, 6.45) is 2.03. The molecule has 0 fully saturated rings. The second-order valence-electron chi connectivity index (χ2n) is 6.94. The van der Waals surface area contributed by atoms with E-state index in [0.29, 0.717) is 29.2 Å². The Bertz CT molecular complexity index is 1160. The number of halogens is 3. The van der Waals surface area contributed by atoms with E-state index in [2.05, 4.69) is 10.3 Å². The smallest absolute Gasteiger partial charge is 0.231 e. The van der Waals surface area contributed by atoms with E-state index >= 15 is 0 Å². The third-order valence-electron chi connectivity index (χ3n) is 5.17. The number of imidazole rings is 1. The van der Waals surface area contributed by atoms with Crippen LogP contribution in [0.2, 0.25) is 5.02 Å². The van der Waals surface area contributed by atoms with Crippen molar-refractivity contribution in [1.29, 1.82) is 0 Å². The summed E-state index contributed by atoms with van der Waals surface area (Å²) >= 11 is 11.3. The fourth-order valence-corrected chi connectivity index (χ4v) is 4.26. The highest BCUT2D eigenvalue weighted by atomic mass is 35.5. The van der Waals surface area contributed by atoms with Crippen LogP contribution in [0.25, 0.3) is 0 Å². The lowest BCUT2D eigenvalue weighted by atomic mass is 9.95. The minimum absolute atomic E-state index is 0.0397. The number of pyridine rings is 1. The minimum atomic E-state index is -0.743. The number of nitrogens with zero attached hydrogens (tertiary/aromatic N) is 3. The van der Waals surface area contributed by atoms with Crippen molar-refractivity contribution in [3.63, 3.8) is 0 Å². The summed E-state index contributed by atoms with van der Waals surface area (Å²) in [5.74, 6) is -1.61. The first-order valence-electron chi connectivity index (χ1n) is 8.98. The molecule has 150 valence electrons. The normalized spacial score (nSPS) is 15.4. The largest absolute Gasteiger partial charge is 0.323 e. The average Bonchev–Trinajstić information content (AvgIpc) is 3.21. The molecule has 4 rings (SSSR count). The predicted octanol–water partition coefficient (Wildman–Crippen LogP) is 4.40. The number of hydrogen-bond donors (Lipinski definition) is 1. The molecule has 0 radical (unpaired) electrons. The van der Waals surface area contributed by atoms with Crippen molar-refractivity contribution in [3.05, 3.63) is 74.9 Å². The molecule has 1 aromatic carbocycles. The lowest BCUT2D eigenvalue weighted by molar-refractivity contribution is -0.115. The van der Waals surface area contributed by atoms with Gasteiger partial charge in [0.1, 0.15) is 17.5 Å². The lowest BCUT2D eigenvalue weighted by Gasteiger charge is -2.14. The van der Waals surface area contributed by atoms with Crippen LogP contribution >= 0.6 is 23.8 Å². The van der Waals surface area contributed by atoms with Gasteiger partial charge in [-0.3, -0.25) is 4.79 Å². The Kier molecular flexibility index (Phi) is 5.23. The highest BCUT2D eigenvalue weighted by molar-refractivity contribution is 7.71. The SMILES string of the molecule is Cn1c(CC(=O)Nc2ccccn2)c2n(c1=S)C[C@H](c1c(F)ccc(Cl)c1F)C2.